The van der Waals surface area contributed by atoms with E-state index < -0.39 is 11.7 Å². The quantitative estimate of drug-likeness (QED) is 0.803. The van der Waals surface area contributed by atoms with Crippen molar-refractivity contribution in [2.75, 3.05) is 12.0 Å². The molecule has 1 fully saturated rings. The molecule has 0 spiro atoms. The van der Waals surface area contributed by atoms with Crippen molar-refractivity contribution in [2.24, 2.45) is 0 Å². The fourth-order valence-corrected chi connectivity index (χ4v) is 4.02. The van der Waals surface area contributed by atoms with Crippen molar-refractivity contribution in [1.82, 2.24) is 5.32 Å². The van der Waals surface area contributed by atoms with Crippen molar-refractivity contribution < 1.29 is 19.1 Å². The van der Waals surface area contributed by atoms with Crippen LogP contribution in [0.2, 0.25) is 0 Å². The first kappa shape index (κ1) is 18.3. The first-order valence-corrected chi connectivity index (χ1v) is 9.44. The number of rotatable bonds is 3. The van der Waals surface area contributed by atoms with Gasteiger partial charge in [0.1, 0.15) is 5.75 Å². The minimum atomic E-state index is -0.813. The number of hydrogen-bond acceptors (Lipinski definition) is 4. The Kier molecular flexibility index (Phi) is 4.29. The van der Waals surface area contributed by atoms with Gasteiger partial charge in [-0.25, -0.2) is 9.59 Å². The molecular weight excluding hydrogens is 356 g/mol. The van der Waals surface area contributed by atoms with Crippen LogP contribution in [0.15, 0.2) is 42.5 Å². The van der Waals surface area contributed by atoms with E-state index in [0.29, 0.717) is 23.7 Å². The number of anilines is 1. The van der Waals surface area contributed by atoms with Crippen molar-refractivity contribution in [3.63, 3.8) is 0 Å². The summed E-state index contributed by atoms with van der Waals surface area (Å²) in [4.78, 5) is 26.5. The molecule has 1 N–H and O–H groups in total. The number of nitrogens with one attached hydrogen (secondary N) is 1. The van der Waals surface area contributed by atoms with Crippen LogP contribution in [-0.4, -0.2) is 24.8 Å². The first-order chi connectivity index (χ1) is 13.3. The Morgan fingerprint density at radius 3 is 2.61 bits per heavy atom. The summed E-state index contributed by atoms with van der Waals surface area (Å²) in [6, 6.07) is 12.7. The summed E-state index contributed by atoms with van der Waals surface area (Å²) in [5, 5.41) is 3.05. The topological polar surface area (TPSA) is 67.9 Å². The summed E-state index contributed by atoms with van der Waals surface area (Å²) in [7, 11) is 1.35. The zero-order valence-electron chi connectivity index (χ0n) is 16.5. The number of methoxy groups -OCH3 is 1. The van der Waals surface area contributed by atoms with E-state index in [1.54, 1.807) is 23.1 Å². The van der Waals surface area contributed by atoms with E-state index in [1.807, 2.05) is 31.2 Å². The smallest absolute Gasteiger partial charge is 0.337 e. The Hall–Kier alpha value is -3.02. The molecule has 0 aliphatic carbocycles. The van der Waals surface area contributed by atoms with Crippen molar-refractivity contribution in [3.05, 3.63) is 59.2 Å². The van der Waals surface area contributed by atoms with E-state index in [4.69, 9.17) is 9.47 Å². The molecule has 0 saturated carbocycles. The van der Waals surface area contributed by atoms with Gasteiger partial charge < -0.3 is 14.8 Å². The van der Waals surface area contributed by atoms with Crippen LogP contribution in [0, 0.1) is 0 Å². The molecule has 146 valence electrons. The lowest BCUT2D eigenvalue weighted by atomic mass is 9.89. The molecule has 2 aliphatic rings. The van der Waals surface area contributed by atoms with Gasteiger partial charge in [0, 0.05) is 17.7 Å². The van der Waals surface area contributed by atoms with Gasteiger partial charge in [-0.1, -0.05) is 26.0 Å². The monoisotopic (exact) mass is 380 g/mol. The Morgan fingerprint density at radius 2 is 1.96 bits per heavy atom. The third-order valence-electron chi connectivity index (χ3n) is 5.51. The molecule has 2 aromatic rings. The number of benzene rings is 2. The predicted octanol–water partition coefficient (Wildman–Crippen LogP) is 4.37. The summed E-state index contributed by atoms with van der Waals surface area (Å²) in [6.07, 6.45) is 0.572. The second-order valence-electron chi connectivity index (χ2n) is 7.81. The third kappa shape index (κ3) is 2.89. The van der Waals surface area contributed by atoms with Gasteiger partial charge in [-0.15, -0.1) is 0 Å². The molecular formula is C22H24N2O4. The molecule has 2 aliphatic heterocycles. The second-order valence-corrected chi connectivity index (χ2v) is 7.81. The molecule has 0 aromatic heterocycles. The Bertz CT molecular complexity index is 938. The average Bonchev–Trinajstić information content (AvgIpc) is 2.66. The highest BCUT2D eigenvalue weighted by atomic mass is 16.5. The standard InChI is InChI=1S/C22H24N2O4/c1-13(2)14-5-8-16(9-6-14)24-21(26)23-18-12-22(24,3)28-19-10-7-15(11-17(18)19)20(25)27-4/h5-11,13,18H,12H2,1-4H3,(H,23,26)/t18-,22+/m1/s1. The van der Waals surface area contributed by atoms with Crippen molar-refractivity contribution in [1.29, 1.82) is 0 Å². The van der Waals surface area contributed by atoms with Crippen molar-refractivity contribution >= 4 is 17.7 Å². The number of carbonyl (C=O) groups excluding carboxylic acids is 2. The molecule has 0 radical (unpaired) electrons. The molecule has 2 heterocycles. The SMILES string of the molecule is COC(=O)c1ccc2c(c1)[C@H]1C[C@](C)(O2)N(c2ccc(C(C)C)cc2)C(=O)N1. The highest BCUT2D eigenvalue weighted by molar-refractivity contribution is 5.95. The summed E-state index contributed by atoms with van der Waals surface area (Å²) < 4.78 is 11.1. The molecule has 2 amide bonds. The Labute approximate surface area is 164 Å². The van der Waals surface area contributed by atoms with Crippen LogP contribution in [0.3, 0.4) is 0 Å². The molecule has 0 unspecified atom stereocenters. The lowest BCUT2D eigenvalue weighted by molar-refractivity contribution is 0.0377. The number of nitrogens with zero attached hydrogens (tertiary/aromatic N) is 1. The van der Waals surface area contributed by atoms with Gasteiger partial charge in [-0.05, 0) is 48.7 Å². The zero-order chi connectivity index (χ0) is 20.1. The number of fused-ring (bicyclic) bond motifs is 4. The van der Waals surface area contributed by atoms with Crippen LogP contribution in [0.1, 0.15) is 60.6 Å². The average molecular weight is 380 g/mol. The lowest BCUT2D eigenvalue weighted by Gasteiger charge is -2.50. The van der Waals surface area contributed by atoms with Crippen LogP contribution in [0.25, 0.3) is 0 Å². The number of esters is 1. The first-order valence-electron chi connectivity index (χ1n) is 9.44. The van der Waals surface area contributed by atoms with Crippen LogP contribution in [0.5, 0.6) is 5.75 Å². The van der Waals surface area contributed by atoms with Crippen LogP contribution in [-0.2, 0) is 4.74 Å². The fourth-order valence-electron chi connectivity index (χ4n) is 4.02. The highest BCUT2D eigenvalue weighted by Crippen LogP contribution is 2.45. The normalized spacial score (nSPS) is 23.0. The van der Waals surface area contributed by atoms with Gasteiger partial charge in [0.2, 0.25) is 0 Å². The van der Waals surface area contributed by atoms with Crippen molar-refractivity contribution in [3.8, 4) is 5.75 Å². The second kappa shape index (κ2) is 6.55. The maximum absolute atomic E-state index is 13.0. The summed E-state index contributed by atoms with van der Waals surface area (Å²) in [6.45, 7) is 6.20. The van der Waals surface area contributed by atoms with E-state index in [9.17, 15) is 9.59 Å². The molecule has 4 rings (SSSR count). The van der Waals surface area contributed by atoms with Gasteiger partial charge in [-0.2, -0.15) is 0 Å². The van der Waals surface area contributed by atoms with E-state index in [-0.39, 0.29) is 12.1 Å². The highest BCUT2D eigenvalue weighted by Gasteiger charge is 2.50. The minimum Gasteiger partial charge on any atom is -0.467 e. The fraction of sp³-hybridized carbons (Fsp3) is 0.364. The third-order valence-corrected chi connectivity index (χ3v) is 5.51. The number of ether oxygens (including phenoxy) is 2. The largest absolute Gasteiger partial charge is 0.467 e. The van der Waals surface area contributed by atoms with Crippen LogP contribution in [0.4, 0.5) is 10.5 Å². The number of carbonyl (C=O) groups is 2. The van der Waals surface area contributed by atoms with Gasteiger partial charge >= 0.3 is 12.0 Å². The number of hydrogen-bond donors (Lipinski definition) is 1. The zero-order valence-corrected chi connectivity index (χ0v) is 16.5. The van der Waals surface area contributed by atoms with Gasteiger partial charge in [0.05, 0.1) is 18.7 Å². The predicted molar refractivity (Wildman–Crippen MR) is 106 cm³/mol. The Balaban J connectivity index is 1.70. The summed E-state index contributed by atoms with van der Waals surface area (Å²) >= 11 is 0. The molecule has 2 atom stereocenters. The van der Waals surface area contributed by atoms with Crippen LogP contribution >= 0.6 is 0 Å². The lowest BCUT2D eigenvalue weighted by Crippen LogP contribution is -2.65. The molecule has 1 saturated heterocycles. The number of amides is 2. The maximum atomic E-state index is 13.0. The van der Waals surface area contributed by atoms with E-state index in [1.165, 1.54) is 12.7 Å². The summed E-state index contributed by atoms with van der Waals surface area (Å²) in [5.41, 5.74) is 2.43. The van der Waals surface area contributed by atoms with E-state index >= 15 is 0 Å². The van der Waals surface area contributed by atoms with E-state index in [2.05, 4.69) is 19.2 Å². The molecule has 28 heavy (non-hydrogen) atoms. The Morgan fingerprint density at radius 1 is 1.25 bits per heavy atom. The molecule has 2 bridgehead atoms. The van der Waals surface area contributed by atoms with Gasteiger partial charge in [-0.3, -0.25) is 4.90 Å². The molecule has 6 heteroatoms. The van der Waals surface area contributed by atoms with Crippen molar-refractivity contribution in [2.45, 2.75) is 44.9 Å². The van der Waals surface area contributed by atoms with Gasteiger partial charge in [0.25, 0.3) is 0 Å². The van der Waals surface area contributed by atoms with E-state index in [0.717, 1.165) is 11.3 Å². The number of urea groups is 1. The molecule has 2 aromatic carbocycles. The van der Waals surface area contributed by atoms with Gasteiger partial charge in [0.15, 0.2) is 5.72 Å². The maximum Gasteiger partial charge on any atom is 0.337 e. The summed E-state index contributed by atoms with van der Waals surface area (Å²) in [5.74, 6) is 0.673. The minimum absolute atomic E-state index is 0.217. The molecule has 6 nitrogen and oxygen atoms in total. The van der Waals surface area contributed by atoms with Crippen LogP contribution < -0.4 is 15.0 Å².